The van der Waals surface area contributed by atoms with Crippen molar-refractivity contribution in [2.45, 2.75) is 16.4 Å². The lowest BCUT2D eigenvalue weighted by molar-refractivity contribution is -0.244. The molecule has 2 N–H and O–H groups in total. The van der Waals surface area contributed by atoms with Crippen LogP contribution in [0.15, 0.2) is 0 Å². The second-order valence-electron chi connectivity index (χ2n) is 2.39. The second-order valence-corrected chi connectivity index (χ2v) is 4.97. The van der Waals surface area contributed by atoms with Crippen LogP contribution in [0.1, 0.15) is 0 Å². The molecular weight excluding hydrogens is 292 g/mol. The van der Waals surface area contributed by atoms with E-state index in [1.54, 1.807) is 0 Å². The van der Waals surface area contributed by atoms with Crippen LogP contribution in [0.3, 0.4) is 0 Å². The third kappa shape index (κ3) is 2.03. The van der Waals surface area contributed by atoms with E-state index in [0.29, 0.717) is 0 Å². The Balaban J connectivity index is 5.82. The number of rotatable bonds is 4. The maximum absolute atomic E-state index is 12.4. The van der Waals surface area contributed by atoms with E-state index in [1.807, 2.05) is 0 Å². The van der Waals surface area contributed by atoms with Crippen LogP contribution >= 0.6 is 0 Å². The number of nitrogens with two attached hydrogens (primary N) is 1. The van der Waals surface area contributed by atoms with Gasteiger partial charge in [-0.25, -0.2) is 13.6 Å². The topological polar surface area (TPSA) is 100 Å². The Morgan fingerprint density at radius 1 is 1.06 bits per heavy atom. The molecule has 98 valence electrons. The molecular formula is C3H2F6NO4S2-. The molecule has 0 aliphatic rings. The third-order valence-corrected chi connectivity index (χ3v) is 2.94. The second kappa shape index (κ2) is 3.82. The van der Waals surface area contributed by atoms with Crippen LogP contribution in [0.25, 0.3) is 0 Å². The first-order valence-corrected chi connectivity index (χ1v) is 5.57. The van der Waals surface area contributed by atoms with Crippen molar-refractivity contribution >= 4 is 21.1 Å². The molecule has 1 atom stereocenters. The number of primary sulfonamides is 1. The van der Waals surface area contributed by atoms with Crippen LogP contribution < -0.4 is 5.14 Å². The van der Waals surface area contributed by atoms with E-state index < -0.39 is 37.5 Å². The molecule has 0 spiro atoms. The molecule has 0 aromatic rings. The summed E-state index contributed by atoms with van der Waals surface area (Å²) < 4.78 is 113. The molecule has 5 nitrogen and oxygen atoms in total. The minimum atomic E-state index is -6.69. The molecule has 0 saturated carbocycles. The van der Waals surface area contributed by atoms with Crippen molar-refractivity contribution in [3.05, 3.63) is 0 Å². The van der Waals surface area contributed by atoms with Gasteiger partial charge in [-0.2, -0.15) is 26.3 Å². The van der Waals surface area contributed by atoms with Crippen molar-refractivity contribution in [2.24, 2.45) is 5.14 Å². The zero-order chi connectivity index (χ0) is 13.6. The molecule has 0 saturated heterocycles. The van der Waals surface area contributed by atoms with Gasteiger partial charge in [-0.3, -0.25) is 4.21 Å². The SMILES string of the molecule is NS(=O)(=O)C(F)(F)C(F)(F)C(F)(F)S(=O)[O-]. The fourth-order valence-corrected chi connectivity index (χ4v) is 1.34. The number of hydrogen-bond donors (Lipinski definition) is 1. The zero-order valence-electron chi connectivity index (χ0n) is 6.79. The van der Waals surface area contributed by atoms with Gasteiger partial charge in [-0.15, -0.1) is 0 Å². The van der Waals surface area contributed by atoms with Crippen LogP contribution in [0.5, 0.6) is 0 Å². The summed E-state index contributed by atoms with van der Waals surface area (Å²) in [5.41, 5.74) is 0. The van der Waals surface area contributed by atoms with Crippen molar-refractivity contribution in [1.29, 1.82) is 0 Å². The van der Waals surface area contributed by atoms with E-state index in [1.165, 1.54) is 0 Å². The summed E-state index contributed by atoms with van der Waals surface area (Å²) in [5.74, 6) is -6.69. The third-order valence-electron chi connectivity index (χ3n) is 1.30. The predicted molar refractivity (Wildman–Crippen MR) is 36.9 cm³/mol. The van der Waals surface area contributed by atoms with Gasteiger partial charge in [0.1, 0.15) is 0 Å². The van der Waals surface area contributed by atoms with Gasteiger partial charge in [0.2, 0.25) is 0 Å². The van der Waals surface area contributed by atoms with Crippen molar-refractivity contribution in [3.8, 4) is 0 Å². The predicted octanol–water partition coefficient (Wildman–Crippen LogP) is -0.0251. The van der Waals surface area contributed by atoms with Gasteiger partial charge in [0, 0.05) is 11.1 Å². The van der Waals surface area contributed by atoms with Gasteiger partial charge in [0.05, 0.1) is 0 Å². The highest BCUT2D eigenvalue weighted by atomic mass is 32.2. The summed E-state index contributed by atoms with van der Waals surface area (Å²) in [6.07, 6.45) is 0. The van der Waals surface area contributed by atoms with Crippen molar-refractivity contribution in [2.75, 3.05) is 0 Å². The Kier molecular flexibility index (Phi) is 3.72. The smallest absolute Gasteiger partial charge is 0.427 e. The molecule has 0 aromatic heterocycles. The monoisotopic (exact) mass is 294 g/mol. The van der Waals surface area contributed by atoms with E-state index in [9.17, 15) is 43.5 Å². The van der Waals surface area contributed by atoms with E-state index in [2.05, 4.69) is 5.14 Å². The maximum atomic E-state index is 12.4. The lowest BCUT2D eigenvalue weighted by Crippen LogP contribution is -2.60. The van der Waals surface area contributed by atoms with Crippen molar-refractivity contribution in [3.63, 3.8) is 0 Å². The van der Waals surface area contributed by atoms with Gasteiger partial charge in [0.25, 0.3) is 10.0 Å². The summed E-state index contributed by atoms with van der Waals surface area (Å²) in [6, 6.07) is 0. The summed E-state index contributed by atoms with van der Waals surface area (Å²) in [4.78, 5) is 0. The summed E-state index contributed by atoms with van der Waals surface area (Å²) >= 11 is -4.96. The molecule has 0 aromatic carbocycles. The van der Waals surface area contributed by atoms with E-state index in [0.717, 1.165) is 0 Å². The molecule has 0 aliphatic heterocycles. The molecule has 0 bridgehead atoms. The molecule has 0 fully saturated rings. The molecule has 0 rings (SSSR count). The van der Waals surface area contributed by atoms with Crippen LogP contribution in [0, 0.1) is 0 Å². The standard InChI is InChI=1S/C3H3F6NO4S2/c4-1(5,2(6,7)15(11)12)3(8,9)16(10,13)14/h(H,11,12)(H2,10,13,14)/p-1. The Hall–Kier alpha value is -0.400. The molecule has 0 aliphatic carbocycles. The number of sulfonamides is 1. The van der Waals surface area contributed by atoms with E-state index in [4.69, 9.17) is 0 Å². The quantitative estimate of drug-likeness (QED) is 0.581. The van der Waals surface area contributed by atoms with Crippen LogP contribution in [-0.2, 0) is 21.1 Å². The average Bonchev–Trinajstić information content (AvgIpc) is 2.00. The zero-order valence-corrected chi connectivity index (χ0v) is 8.43. The lowest BCUT2D eigenvalue weighted by atomic mass is 10.3. The largest absolute Gasteiger partial charge is 0.768 e. The summed E-state index contributed by atoms with van der Waals surface area (Å²) in [5, 5.41) is -9.11. The fourth-order valence-electron chi connectivity index (χ4n) is 0.453. The highest BCUT2D eigenvalue weighted by Crippen LogP contribution is 2.48. The number of halogens is 6. The Morgan fingerprint density at radius 3 is 1.56 bits per heavy atom. The van der Waals surface area contributed by atoms with Crippen LogP contribution in [0.2, 0.25) is 0 Å². The van der Waals surface area contributed by atoms with Gasteiger partial charge >= 0.3 is 16.4 Å². The molecule has 13 heteroatoms. The molecule has 0 radical (unpaired) electrons. The molecule has 0 heterocycles. The number of alkyl halides is 6. The normalized spacial score (nSPS) is 17.2. The van der Waals surface area contributed by atoms with Crippen molar-refractivity contribution < 1.29 is 43.5 Å². The molecule has 0 amide bonds. The number of hydrogen-bond acceptors (Lipinski definition) is 4. The highest BCUT2D eigenvalue weighted by Gasteiger charge is 2.77. The Labute approximate surface area is 86.9 Å². The maximum Gasteiger partial charge on any atom is 0.427 e. The summed E-state index contributed by atoms with van der Waals surface area (Å²) in [7, 11) is -6.41. The van der Waals surface area contributed by atoms with Crippen LogP contribution in [-0.4, -0.2) is 33.6 Å². The highest BCUT2D eigenvalue weighted by molar-refractivity contribution is 7.90. The van der Waals surface area contributed by atoms with Gasteiger partial charge in [-0.05, 0) is 0 Å². The molecule has 16 heavy (non-hydrogen) atoms. The fraction of sp³-hybridized carbons (Fsp3) is 1.00. The van der Waals surface area contributed by atoms with Crippen molar-refractivity contribution in [1.82, 2.24) is 0 Å². The average molecular weight is 294 g/mol. The minimum absolute atomic E-state index is 3.60. The Morgan fingerprint density at radius 2 is 1.38 bits per heavy atom. The van der Waals surface area contributed by atoms with Gasteiger partial charge < -0.3 is 4.55 Å². The van der Waals surface area contributed by atoms with Gasteiger partial charge in [-0.1, -0.05) is 0 Å². The first-order chi connectivity index (χ1) is 6.69. The summed E-state index contributed by atoms with van der Waals surface area (Å²) in [6.45, 7) is 0. The first kappa shape index (κ1) is 15.6. The lowest BCUT2D eigenvalue weighted by Gasteiger charge is -2.31. The first-order valence-electron chi connectivity index (χ1n) is 2.94. The van der Waals surface area contributed by atoms with E-state index in [-0.39, 0.29) is 0 Å². The van der Waals surface area contributed by atoms with Crippen LogP contribution in [0.4, 0.5) is 26.3 Å². The van der Waals surface area contributed by atoms with E-state index >= 15 is 0 Å². The Bertz CT molecular complexity index is 404. The molecule has 1 unspecified atom stereocenters. The minimum Gasteiger partial charge on any atom is -0.768 e. The van der Waals surface area contributed by atoms with Gasteiger partial charge in [0.15, 0.2) is 0 Å².